The Morgan fingerprint density at radius 2 is 2.00 bits per heavy atom. The first-order valence-electron chi connectivity index (χ1n) is 7.74. The van der Waals surface area contributed by atoms with Crippen molar-refractivity contribution in [3.63, 3.8) is 0 Å². The Morgan fingerprint density at radius 3 is 2.71 bits per heavy atom. The second-order valence-corrected chi connectivity index (χ2v) is 5.68. The summed E-state index contributed by atoms with van der Waals surface area (Å²) in [4.78, 5) is 49.5. The molecule has 2 aliphatic heterocycles. The summed E-state index contributed by atoms with van der Waals surface area (Å²) in [6.07, 6.45) is 0.720. The summed E-state index contributed by atoms with van der Waals surface area (Å²) in [5, 5.41) is 14.0. The van der Waals surface area contributed by atoms with Gasteiger partial charge in [0.15, 0.2) is 0 Å². The van der Waals surface area contributed by atoms with E-state index in [4.69, 9.17) is 5.11 Å². The van der Waals surface area contributed by atoms with Gasteiger partial charge in [0, 0.05) is 25.3 Å². The van der Waals surface area contributed by atoms with Gasteiger partial charge < -0.3 is 10.4 Å². The molecule has 2 heterocycles. The molecule has 1 aromatic carbocycles. The Labute approximate surface area is 137 Å². The Hall–Kier alpha value is -2.74. The van der Waals surface area contributed by atoms with Crippen molar-refractivity contribution in [2.75, 3.05) is 18.5 Å². The first-order chi connectivity index (χ1) is 11.5. The van der Waals surface area contributed by atoms with E-state index < -0.39 is 29.7 Å². The highest BCUT2D eigenvalue weighted by Crippen LogP contribution is 2.32. The number of nitrogens with zero attached hydrogens (tertiary/aromatic N) is 1. The van der Waals surface area contributed by atoms with Crippen LogP contribution in [0.25, 0.3) is 0 Å². The third-order valence-electron chi connectivity index (χ3n) is 4.12. The van der Waals surface area contributed by atoms with Crippen molar-refractivity contribution >= 4 is 29.3 Å². The summed E-state index contributed by atoms with van der Waals surface area (Å²) >= 11 is 0. The Balaban J connectivity index is 1.89. The number of hydrogen-bond donors (Lipinski definition) is 3. The maximum Gasteiger partial charge on any atom is 0.264 e. The summed E-state index contributed by atoms with van der Waals surface area (Å²) in [5.74, 6) is -2.11. The predicted molar refractivity (Wildman–Crippen MR) is 83.3 cm³/mol. The minimum atomic E-state index is -0.972. The Bertz CT molecular complexity index is 730. The number of fused-ring (bicyclic) bond motifs is 1. The molecule has 1 aromatic rings. The maximum atomic E-state index is 12.7. The molecule has 1 unspecified atom stereocenters. The molecule has 1 saturated heterocycles. The van der Waals surface area contributed by atoms with E-state index in [1.54, 1.807) is 18.2 Å². The molecule has 0 aliphatic carbocycles. The molecule has 2 aliphatic rings. The van der Waals surface area contributed by atoms with Crippen molar-refractivity contribution in [2.24, 2.45) is 0 Å². The topological polar surface area (TPSA) is 116 Å². The first kappa shape index (κ1) is 16.1. The molecule has 0 bridgehead atoms. The van der Waals surface area contributed by atoms with Crippen LogP contribution in [0, 0.1) is 0 Å². The largest absolute Gasteiger partial charge is 0.396 e. The highest BCUT2D eigenvalue weighted by molar-refractivity contribution is 6.25. The number of anilines is 1. The molecular formula is C16H17N3O5. The third kappa shape index (κ3) is 2.65. The number of carbonyl (C=O) groups excluding carboxylic acids is 4. The fourth-order valence-electron chi connectivity index (χ4n) is 2.96. The minimum Gasteiger partial charge on any atom is -0.396 e. The molecule has 24 heavy (non-hydrogen) atoms. The van der Waals surface area contributed by atoms with Crippen LogP contribution in [0.1, 0.15) is 40.0 Å². The first-order valence-corrected chi connectivity index (χ1v) is 7.74. The van der Waals surface area contributed by atoms with E-state index >= 15 is 0 Å². The molecule has 0 aromatic heterocycles. The molecule has 1 atom stereocenters. The number of piperidine rings is 1. The van der Waals surface area contributed by atoms with Gasteiger partial charge in [-0.05, 0) is 25.0 Å². The molecule has 126 valence electrons. The SMILES string of the molecule is O=C1CCC(N2C(=O)c3cccc(NCCCO)c3C2=O)C(=O)N1. The molecule has 0 spiro atoms. The molecule has 0 radical (unpaired) electrons. The molecule has 1 fully saturated rings. The van der Waals surface area contributed by atoms with Crippen LogP contribution in [0.15, 0.2) is 18.2 Å². The van der Waals surface area contributed by atoms with E-state index in [1.165, 1.54) is 0 Å². The second kappa shape index (κ2) is 6.40. The van der Waals surface area contributed by atoms with Crippen molar-refractivity contribution in [3.05, 3.63) is 29.3 Å². The molecule has 4 amide bonds. The van der Waals surface area contributed by atoms with Crippen LogP contribution < -0.4 is 10.6 Å². The molecule has 3 N–H and O–H groups in total. The summed E-state index contributed by atoms with van der Waals surface area (Å²) in [6, 6.07) is 3.90. The number of carbonyl (C=O) groups is 4. The summed E-state index contributed by atoms with van der Waals surface area (Å²) in [6.45, 7) is 0.462. The van der Waals surface area contributed by atoms with Crippen LogP contribution in [0.5, 0.6) is 0 Å². The van der Waals surface area contributed by atoms with Crippen molar-refractivity contribution in [1.29, 1.82) is 0 Å². The average Bonchev–Trinajstić information content (AvgIpc) is 2.81. The van der Waals surface area contributed by atoms with Crippen molar-refractivity contribution < 1.29 is 24.3 Å². The van der Waals surface area contributed by atoms with Crippen LogP contribution in [0.4, 0.5) is 5.69 Å². The van der Waals surface area contributed by atoms with E-state index in [-0.39, 0.29) is 30.6 Å². The third-order valence-corrected chi connectivity index (χ3v) is 4.12. The number of rotatable bonds is 5. The average molecular weight is 331 g/mol. The summed E-state index contributed by atoms with van der Waals surface area (Å²) < 4.78 is 0. The lowest BCUT2D eigenvalue weighted by atomic mass is 10.0. The molecule has 8 heteroatoms. The number of nitrogens with one attached hydrogen (secondary N) is 2. The highest BCUT2D eigenvalue weighted by Gasteiger charge is 2.45. The fraction of sp³-hybridized carbons (Fsp3) is 0.375. The van der Waals surface area contributed by atoms with Crippen LogP contribution in [0.3, 0.4) is 0 Å². The van der Waals surface area contributed by atoms with Gasteiger partial charge in [-0.25, -0.2) is 0 Å². The smallest absolute Gasteiger partial charge is 0.264 e. The van der Waals surface area contributed by atoms with Crippen molar-refractivity contribution in [3.8, 4) is 0 Å². The van der Waals surface area contributed by atoms with E-state index in [2.05, 4.69) is 10.6 Å². The van der Waals surface area contributed by atoms with Crippen LogP contribution >= 0.6 is 0 Å². The van der Waals surface area contributed by atoms with Crippen LogP contribution in [-0.2, 0) is 9.59 Å². The highest BCUT2D eigenvalue weighted by atomic mass is 16.3. The standard InChI is InChI=1S/C16H17N3O5/c20-8-2-7-17-10-4-1-3-9-13(10)16(24)19(15(9)23)11-5-6-12(21)18-14(11)22/h1,3-4,11,17,20H,2,5-8H2,(H,18,21,22). The number of aliphatic hydroxyl groups is 1. The lowest BCUT2D eigenvalue weighted by Gasteiger charge is -2.27. The van der Waals surface area contributed by atoms with Crippen molar-refractivity contribution in [1.82, 2.24) is 10.2 Å². The quantitative estimate of drug-likeness (QED) is 0.512. The van der Waals surface area contributed by atoms with Gasteiger partial charge in [0.25, 0.3) is 11.8 Å². The van der Waals surface area contributed by atoms with Gasteiger partial charge in [0.05, 0.1) is 11.1 Å². The van der Waals surface area contributed by atoms with E-state index in [0.717, 1.165) is 4.90 Å². The zero-order valence-corrected chi connectivity index (χ0v) is 12.9. The number of hydrogen-bond acceptors (Lipinski definition) is 6. The van der Waals surface area contributed by atoms with Gasteiger partial charge in [0.2, 0.25) is 11.8 Å². The molecule has 0 saturated carbocycles. The zero-order valence-electron chi connectivity index (χ0n) is 12.9. The van der Waals surface area contributed by atoms with Gasteiger partial charge in [0.1, 0.15) is 6.04 Å². The second-order valence-electron chi connectivity index (χ2n) is 5.68. The Morgan fingerprint density at radius 1 is 1.21 bits per heavy atom. The molecule has 8 nitrogen and oxygen atoms in total. The lowest BCUT2D eigenvalue weighted by molar-refractivity contribution is -0.136. The van der Waals surface area contributed by atoms with Gasteiger partial charge in [-0.15, -0.1) is 0 Å². The Kier molecular flexibility index (Phi) is 4.30. The predicted octanol–water partition coefficient (Wildman–Crippen LogP) is -0.118. The van der Waals surface area contributed by atoms with Crippen molar-refractivity contribution in [2.45, 2.75) is 25.3 Å². The number of benzene rings is 1. The van der Waals surface area contributed by atoms with Crippen LogP contribution in [-0.4, -0.2) is 52.8 Å². The number of imide groups is 2. The minimum absolute atomic E-state index is 0.0112. The lowest BCUT2D eigenvalue weighted by Crippen LogP contribution is -2.54. The van der Waals surface area contributed by atoms with E-state index in [1.807, 2.05) is 0 Å². The molecular weight excluding hydrogens is 314 g/mol. The van der Waals surface area contributed by atoms with E-state index in [0.29, 0.717) is 18.7 Å². The van der Waals surface area contributed by atoms with Gasteiger partial charge in [-0.1, -0.05) is 6.07 Å². The maximum absolute atomic E-state index is 12.7. The van der Waals surface area contributed by atoms with Gasteiger partial charge >= 0.3 is 0 Å². The monoisotopic (exact) mass is 331 g/mol. The zero-order chi connectivity index (χ0) is 17.3. The van der Waals surface area contributed by atoms with Gasteiger partial charge in [-0.2, -0.15) is 0 Å². The summed E-state index contributed by atoms with van der Waals surface area (Å²) in [5.41, 5.74) is 0.956. The van der Waals surface area contributed by atoms with Gasteiger partial charge in [-0.3, -0.25) is 29.4 Å². The van der Waals surface area contributed by atoms with Crippen LogP contribution in [0.2, 0.25) is 0 Å². The van der Waals surface area contributed by atoms with E-state index in [9.17, 15) is 19.2 Å². The normalized spacial score (nSPS) is 20.2. The summed E-state index contributed by atoms with van der Waals surface area (Å²) in [7, 11) is 0. The fourth-order valence-corrected chi connectivity index (χ4v) is 2.96. The number of aliphatic hydroxyl groups excluding tert-OH is 1. The molecule has 3 rings (SSSR count). The number of amides is 4.